The lowest BCUT2D eigenvalue weighted by Crippen LogP contribution is -2.32. The third-order valence-electron chi connectivity index (χ3n) is 3.69. The Bertz CT molecular complexity index is 840. The molecule has 6 heteroatoms. The average molecular weight is 358 g/mol. The van der Waals surface area contributed by atoms with E-state index >= 15 is 0 Å². The Labute approximate surface area is 148 Å². The van der Waals surface area contributed by atoms with Gasteiger partial charge < -0.3 is 10.6 Å². The van der Waals surface area contributed by atoms with E-state index in [9.17, 15) is 9.59 Å². The number of hydrogen-bond acceptors (Lipinski definition) is 4. The summed E-state index contributed by atoms with van der Waals surface area (Å²) in [6, 6.07) is 11.7. The highest BCUT2D eigenvalue weighted by molar-refractivity contribution is 7.17. The molecule has 0 bridgehead atoms. The Morgan fingerprint density at radius 1 is 1.12 bits per heavy atom. The van der Waals surface area contributed by atoms with E-state index in [2.05, 4.69) is 28.1 Å². The van der Waals surface area contributed by atoms with Gasteiger partial charge in [-0.05, 0) is 33.8 Å². The fourth-order valence-corrected chi connectivity index (χ4v) is 4.32. The highest BCUT2D eigenvalue weighted by Gasteiger charge is 2.18. The molecule has 124 valence electrons. The Balaban J connectivity index is 1.62. The van der Waals surface area contributed by atoms with Crippen LogP contribution in [0.5, 0.6) is 0 Å². The number of carbonyl (C=O) groups excluding carboxylic acids is 2. The minimum absolute atomic E-state index is 0.0718. The molecule has 2 amide bonds. The molecule has 0 aliphatic rings. The fourth-order valence-electron chi connectivity index (χ4n) is 2.58. The van der Waals surface area contributed by atoms with Gasteiger partial charge >= 0.3 is 0 Å². The van der Waals surface area contributed by atoms with E-state index in [0.717, 1.165) is 10.4 Å². The van der Waals surface area contributed by atoms with Crippen LogP contribution in [0.3, 0.4) is 0 Å². The molecule has 2 N–H and O–H groups in total. The smallest absolute Gasteiger partial charge is 0.222 e. The Morgan fingerprint density at radius 3 is 2.71 bits per heavy atom. The molecule has 1 aromatic carbocycles. The standard InChI is InChI=1S/C18H18N2O2S2/c1-12(21)20-15(17-7-4-8-23-17)9-18(22)19-10-13-11-24-16-6-3-2-5-14(13)16/h2-8,11,15H,9-10H2,1H3,(H,19,22)(H,20,21). The molecule has 4 nitrogen and oxygen atoms in total. The van der Waals surface area contributed by atoms with E-state index in [4.69, 9.17) is 0 Å². The summed E-state index contributed by atoms with van der Waals surface area (Å²) in [5, 5.41) is 11.0. The molecule has 1 unspecified atom stereocenters. The lowest BCUT2D eigenvalue weighted by atomic mass is 10.1. The molecule has 0 aliphatic carbocycles. The quantitative estimate of drug-likeness (QED) is 0.703. The van der Waals surface area contributed by atoms with E-state index in [-0.39, 0.29) is 24.3 Å². The minimum atomic E-state index is -0.276. The molecular weight excluding hydrogens is 340 g/mol. The number of nitrogens with one attached hydrogen (secondary N) is 2. The number of benzene rings is 1. The van der Waals surface area contributed by atoms with Crippen LogP contribution in [-0.4, -0.2) is 11.8 Å². The third-order valence-corrected chi connectivity index (χ3v) is 5.69. The van der Waals surface area contributed by atoms with Crippen molar-refractivity contribution in [2.75, 3.05) is 0 Å². The lowest BCUT2D eigenvalue weighted by molar-refractivity contribution is -0.122. The maximum Gasteiger partial charge on any atom is 0.222 e. The van der Waals surface area contributed by atoms with Crippen LogP contribution in [0.25, 0.3) is 10.1 Å². The summed E-state index contributed by atoms with van der Waals surface area (Å²) in [6.45, 7) is 1.97. The molecule has 1 atom stereocenters. The summed E-state index contributed by atoms with van der Waals surface area (Å²) in [4.78, 5) is 24.7. The van der Waals surface area contributed by atoms with Crippen LogP contribution in [0.1, 0.15) is 29.8 Å². The number of amides is 2. The topological polar surface area (TPSA) is 58.2 Å². The van der Waals surface area contributed by atoms with Crippen molar-refractivity contribution >= 4 is 44.6 Å². The van der Waals surface area contributed by atoms with E-state index < -0.39 is 0 Å². The van der Waals surface area contributed by atoms with Crippen molar-refractivity contribution in [2.24, 2.45) is 0 Å². The van der Waals surface area contributed by atoms with Crippen molar-refractivity contribution in [3.8, 4) is 0 Å². The fraction of sp³-hybridized carbons (Fsp3) is 0.222. The van der Waals surface area contributed by atoms with Gasteiger partial charge in [-0.15, -0.1) is 22.7 Å². The normalized spacial score (nSPS) is 12.0. The summed E-state index contributed by atoms with van der Waals surface area (Å²) in [5.41, 5.74) is 1.12. The Morgan fingerprint density at radius 2 is 1.96 bits per heavy atom. The van der Waals surface area contributed by atoms with Crippen LogP contribution >= 0.6 is 22.7 Å². The van der Waals surface area contributed by atoms with Gasteiger partial charge in [0.1, 0.15) is 0 Å². The summed E-state index contributed by atoms with van der Waals surface area (Å²) >= 11 is 3.22. The van der Waals surface area contributed by atoms with Gasteiger partial charge in [-0.3, -0.25) is 9.59 Å². The molecule has 3 rings (SSSR count). The van der Waals surface area contributed by atoms with Gasteiger partial charge in [0.15, 0.2) is 0 Å². The number of fused-ring (bicyclic) bond motifs is 1. The number of hydrogen-bond donors (Lipinski definition) is 2. The first kappa shape index (κ1) is 16.7. The first-order valence-electron chi connectivity index (χ1n) is 7.66. The maximum atomic E-state index is 12.3. The zero-order valence-electron chi connectivity index (χ0n) is 13.2. The number of thiophene rings is 2. The third kappa shape index (κ3) is 4.01. The summed E-state index contributed by atoms with van der Waals surface area (Å²) in [5.74, 6) is -0.206. The van der Waals surface area contributed by atoms with E-state index in [1.54, 1.807) is 11.3 Å². The summed E-state index contributed by atoms with van der Waals surface area (Å²) in [6.07, 6.45) is 0.238. The van der Waals surface area contributed by atoms with Crippen molar-refractivity contribution in [3.63, 3.8) is 0 Å². The van der Waals surface area contributed by atoms with E-state index in [1.807, 2.05) is 29.6 Å². The van der Waals surface area contributed by atoms with Crippen LogP contribution < -0.4 is 10.6 Å². The molecule has 2 aromatic heterocycles. The molecule has 0 aliphatic heterocycles. The van der Waals surface area contributed by atoms with Gasteiger partial charge in [-0.25, -0.2) is 0 Å². The number of rotatable bonds is 6. The SMILES string of the molecule is CC(=O)NC(CC(=O)NCc1csc2ccccc12)c1cccs1. The molecule has 0 radical (unpaired) electrons. The van der Waals surface area contributed by atoms with Gasteiger partial charge in [0, 0.05) is 23.0 Å². The Hall–Kier alpha value is -2.18. The monoisotopic (exact) mass is 358 g/mol. The van der Waals surface area contributed by atoms with Crippen molar-refractivity contribution in [1.29, 1.82) is 0 Å². The van der Waals surface area contributed by atoms with Crippen molar-refractivity contribution < 1.29 is 9.59 Å². The predicted molar refractivity (Wildman–Crippen MR) is 99.2 cm³/mol. The van der Waals surface area contributed by atoms with Crippen LogP contribution in [0.2, 0.25) is 0 Å². The number of carbonyl (C=O) groups is 2. The second-order valence-corrected chi connectivity index (χ2v) is 7.40. The molecule has 2 heterocycles. The van der Waals surface area contributed by atoms with Crippen LogP contribution in [0.4, 0.5) is 0 Å². The van der Waals surface area contributed by atoms with Gasteiger partial charge in [0.2, 0.25) is 11.8 Å². The Kier molecular flexibility index (Phi) is 5.27. The highest BCUT2D eigenvalue weighted by Crippen LogP contribution is 2.26. The van der Waals surface area contributed by atoms with Gasteiger partial charge in [-0.1, -0.05) is 24.3 Å². The lowest BCUT2D eigenvalue weighted by Gasteiger charge is -2.16. The molecule has 24 heavy (non-hydrogen) atoms. The van der Waals surface area contributed by atoms with Gasteiger partial charge in [-0.2, -0.15) is 0 Å². The molecule has 0 fully saturated rings. The molecule has 3 aromatic rings. The highest BCUT2D eigenvalue weighted by atomic mass is 32.1. The molecule has 0 saturated carbocycles. The van der Waals surface area contributed by atoms with E-state index in [0.29, 0.717) is 6.54 Å². The molecule has 0 saturated heterocycles. The molecule has 0 spiro atoms. The second kappa shape index (κ2) is 7.59. The second-order valence-electron chi connectivity index (χ2n) is 5.51. The van der Waals surface area contributed by atoms with Crippen molar-refractivity contribution in [1.82, 2.24) is 10.6 Å². The first-order chi connectivity index (χ1) is 11.6. The van der Waals surface area contributed by atoms with Crippen molar-refractivity contribution in [3.05, 3.63) is 57.6 Å². The van der Waals surface area contributed by atoms with Crippen LogP contribution in [-0.2, 0) is 16.1 Å². The van der Waals surface area contributed by atoms with Crippen LogP contribution in [0.15, 0.2) is 47.2 Å². The van der Waals surface area contributed by atoms with E-state index in [1.165, 1.54) is 28.3 Å². The first-order valence-corrected chi connectivity index (χ1v) is 9.41. The zero-order chi connectivity index (χ0) is 16.9. The summed E-state index contributed by atoms with van der Waals surface area (Å²) in [7, 11) is 0. The van der Waals surface area contributed by atoms with Crippen molar-refractivity contribution in [2.45, 2.75) is 25.9 Å². The molecular formula is C18H18N2O2S2. The zero-order valence-corrected chi connectivity index (χ0v) is 14.9. The van der Waals surface area contributed by atoms with Crippen LogP contribution in [0, 0.1) is 0 Å². The summed E-state index contributed by atoms with van der Waals surface area (Å²) < 4.78 is 1.22. The minimum Gasteiger partial charge on any atom is -0.352 e. The largest absolute Gasteiger partial charge is 0.352 e. The maximum absolute atomic E-state index is 12.3. The predicted octanol–water partition coefficient (Wildman–Crippen LogP) is 3.85. The van der Waals surface area contributed by atoms with Gasteiger partial charge in [0.05, 0.1) is 12.5 Å². The van der Waals surface area contributed by atoms with Gasteiger partial charge in [0.25, 0.3) is 0 Å². The average Bonchev–Trinajstić information content (AvgIpc) is 3.22.